The first-order valence-electron chi connectivity index (χ1n) is 3.79. The number of rotatable bonds is 1. The fourth-order valence-electron chi connectivity index (χ4n) is 1.03. The Balaban J connectivity index is 0.000000845. The Morgan fingerprint density at radius 2 is 1.15 bits per heavy atom. The van der Waals surface area contributed by atoms with Crippen LogP contribution in [0, 0.1) is 0 Å². The topological polar surface area (TPSA) is 25.8 Å². The largest absolute Gasteiger partial charge is 0.255 e. The molecule has 2 heterocycles. The average molecular weight is 353 g/mol. The monoisotopic (exact) mass is 353 g/mol. The zero-order valence-corrected chi connectivity index (χ0v) is 8.98. The van der Waals surface area contributed by atoms with E-state index in [1.807, 2.05) is 36.4 Å². The molecule has 0 amide bonds. The van der Waals surface area contributed by atoms with Gasteiger partial charge in [-0.25, -0.2) is 0 Å². The fraction of sp³-hybridized carbons (Fsp3) is 0. The van der Waals surface area contributed by atoms with E-state index in [0.717, 1.165) is 11.4 Å². The number of nitrogens with zero attached hydrogens (tertiary/aromatic N) is 2. The third-order valence-corrected chi connectivity index (χ3v) is 1.59. The smallest absolute Gasteiger partial charge is 0.0886 e. The van der Waals surface area contributed by atoms with Gasteiger partial charge < -0.3 is 0 Å². The maximum atomic E-state index is 4.19. The van der Waals surface area contributed by atoms with E-state index < -0.39 is 0 Å². The van der Waals surface area contributed by atoms with Gasteiger partial charge in [-0.15, -0.1) is 0 Å². The minimum Gasteiger partial charge on any atom is -0.255 e. The van der Waals surface area contributed by atoms with Crippen LogP contribution >= 0.6 is 0 Å². The Morgan fingerprint density at radius 1 is 0.692 bits per heavy atom. The van der Waals surface area contributed by atoms with E-state index in [-0.39, 0.29) is 22.4 Å². The van der Waals surface area contributed by atoms with Gasteiger partial charge in [-0.1, -0.05) is 12.1 Å². The Kier molecular flexibility index (Phi) is 3.83. The van der Waals surface area contributed by atoms with Crippen molar-refractivity contribution in [2.75, 3.05) is 0 Å². The van der Waals surface area contributed by atoms with Gasteiger partial charge in [-0.05, 0) is 24.3 Å². The molecule has 0 saturated heterocycles. The van der Waals surface area contributed by atoms with Crippen molar-refractivity contribution in [2.24, 2.45) is 0 Å². The molecular weight excluding hydrogens is 345 g/mol. The molecule has 0 aliphatic rings. The second-order valence-electron chi connectivity index (χ2n) is 2.43. The van der Waals surface area contributed by atoms with Crippen LogP contribution in [0.1, 0.15) is 0 Å². The van der Waals surface area contributed by atoms with Gasteiger partial charge in [0.25, 0.3) is 0 Å². The van der Waals surface area contributed by atoms with Crippen molar-refractivity contribution in [3.05, 3.63) is 48.8 Å². The molecule has 0 aromatic carbocycles. The van der Waals surface area contributed by atoms with Crippen molar-refractivity contribution in [2.45, 2.75) is 0 Å². The van der Waals surface area contributed by atoms with Gasteiger partial charge in [0.05, 0.1) is 11.4 Å². The Labute approximate surface area is 92.6 Å². The second kappa shape index (κ2) is 4.92. The van der Waals surface area contributed by atoms with Crippen molar-refractivity contribution in [3.63, 3.8) is 0 Å². The molecule has 0 aliphatic heterocycles. The first-order valence-corrected chi connectivity index (χ1v) is 3.79. The van der Waals surface area contributed by atoms with Crippen LogP contribution in [0.2, 0.25) is 0 Å². The molecule has 2 aromatic rings. The molecule has 69 valence electrons. The molecule has 0 aliphatic carbocycles. The van der Waals surface area contributed by atoms with Crippen molar-refractivity contribution in [1.82, 2.24) is 9.97 Å². The van der Waals surface area contributed by atoms with Crippen LogP contribution < -0.4 is 0 Å². The van der Waals surface area contributed by atoms with E-state index in [1.54, 1.807) is 12.4 Å². The van der Waals surface area contributed by atoms with E-state index in [9.17, 15) is 0 Å². The third-order valence-electron chi connectivity index (χ3n) is 1.59. The summed E-state index contributed by atoms with van der Waals surface area (Å²) in [6.45, 7) is 0. The summed E-state index contributed by atoms with van der Waals surface area (Å²) in [5.74, 6) is 0. The predicted molar refractivity (Wildman–Crippen MR) is 47.5 cm³/mol. The molecular formula is C10H8AuN2. The van der Waals surface area contributed by atoms with Gasteiger partial charge in [0.15, 0.2) is 0 Å². The molecule has 0 bridgehead atoms. The summed E-state index contributed by atoms with van der Waals surface area (Å²) in [6, 6.07) is 11.6. The molecule has 0 atom stereocenters. The third kappa shape index (κ3) is 2.49. The number of aromatic nitrogens is 2. The summed E-state index contributed by atoms with van der Waals surface area (Å²) in [6.07, 6.45) is 3.54. The van der Waals surface area contributed by atoms with Gasteiger partial charge in [-0.2, -0.15) is 0 Å². The molecule has 2 rings (SSSR count). The van der Waals surface area contributed by atoms with Crippen LogP contribution in [0.25, 0.3) is 11.4 Å². The van der Waals surface area contributed by atoms with Crippen LogP contribution in [0.3, 0.4) is 0 Å². The number of hydrogen-bond donors (Lipinski definition) is 0. The van der Waals surface area contributed by atoms with E-state index in [2.05, 4.69) is 9.97 Å². The molecule has 0 saturated carbocycles. The van der Waals surface area contributed by atoms with Gasteiger partial charge >= 0.3 is 0 Å². The molecule has 0 unspecified atom stereocenters. The summed E-state index contributed by atoms with van der Waals surface area (Å²) < 4.78 is 0. The van der Waals surface area contributed by atoms with Crippen molar-refractivity contribution >= 4 is 0 Å². The fourth-order valence-corrected chi connectivity index (χ4v) is 1.03. The van der Waals surface area contributed by atoms with E-state index in [1.165, 1.54) is 0 Å². The Hall–Kier alpha value is -0.960. The normalized spacial score (nSPS) is 8.92. The molecule has 2 nitrogen and oxygen atoms in total. The zero-order valence-electron chi connectivity index (χ0n) is 6.81. The molecule has 0 N–H and O–H groups in total. The zero-order chi connectivity index (χ0) is 8.23. The Bertz CT molecular complexity index is 310. The summed E-state index contributed by atoms with van der Waals surface area (Å²) in [5.41, 5.74) is 1.83. The molecule has 0 spiro atoms. The Morgan fingerprint density at radius 3 is 1.46 bits per heavy atom. The standard InChI is InChI=1S/C10H8N2.Au/c1-3-7-11-9(5-1)10-6-2-4-8-12-10;/h1-8H;. The SMILES string of the molecule is [Au].c1ccc(-c2ccccn2)nc1. The van der Waals surface area contributed by atoms with Crippen LogP contribution in [0.15, 0.2) is 48.8 Å². The van der Waals surface area contributed by atoms with Crippen molar-refractivity contribution in [3.8, 4) is 11.4 Å². The first kappa shape index (κ1) is 10.1. The molecule has 1 radical (unpaired) electrons. The molecule has 13 heavy (non-hydrogen) atoms. The van der Waals surface area contributed by atoms with Crippen molar-refractivity contribution < 1.29 is 22.4 Å². The van der Waals surface area contributed by atoms with E-state index >= 15 is 0 Å². The number of pyridine rings is 2. The average Bonchev–Trinajstić information content (AvgIpc) is 2.21. The second-order valence-corrected chi connectivity index (χ2v) is 2.43. The van der Waals surface area contributed by atoms with E-state index in [0.29, 0.717) is 0 Å². The predicted octanol–water partition coefficient (Wildman–Crippen LogP) is 2.14. The van der Waals surface area contributed by atoms with Crippen LogP contribution in [0.5, 0.6) is 0 Å². The first-order chi connectivity index (χ1) is 5.97. The summed E-state index contributed by atoms with van der Waals surface area (Å²) in [7, 11) is 0. The van der Waals surface area contributed by atoms with Gasteiger partial charge in [-0.3, -0.25) is 9.97 Å². The maximum Gasteiger partial charge on any atom is 0.0886 e. The quantitative estimate of drug-likeness (QED) is 0.735. The number of hydrogen-bond acceptors (Lipinski definition) is 2. The van der Waals surface area contributed by atoms with Gasteiger partial charge in [0, 0.05) is 34.8 Å². The van der Waals surface area contributed by atoms with Crippen LogP contribution in [0.4, 0.5) is 0 Å². The van der Waals surface area contributed by atoms with E-state index in [4.69, 9.17) is 0 Å². The van der Waals surface area contributed by atoms with Crippen LogP contribution in [-0.2, 0) is 22.4 Å². The minimum absolute atomic E-state index is 0. The summed E-state index contributed by atoms with van der Waals surface area (Å²) in [4.78, 5) is 8.37. The molecule has 3 heteroatoms. The summed E-state index contributed by atoms with van der Waals surface area (Å²) >= 11 is 0. The van der Waals surface area contributed by atoms with Gasteiger partial charge in [0.1, 0.15) is 0 Å². The van der Waals surface area contributed by atoms with Crippen molar-refractivity contribution in [1.29, 1.82) is 0 Å². The van der Waals surface area contributed by atoms with Crippen LogP contribution in [-0.4, -0.2) is 9.97 Å². The maximum absolute atomic E-state index is 4.19. The molecule has 2 aromatic heterocycles. The minimum atomic E-state index is 0. The summed E-state index contributed by atoms with van der Waals surface area (Å²) in [5, 5.41) is 0. The van der Waals surface area contributed by atoms with Gasteiger partial charge in [0.2, 0.25) is 0 Å². The molecule has 0 fully saturated rings.